The van der Waals surface area contributed by atoms with E-state index < -0.39 is 0 Å². The molecular formula is C12H17N3OS. The number of rotatable bonds is 4. The van der Waals surface area contributed by atoms with Gasteiger partial charge < -0.3 is 15.8 Å². The molecule has 0 fully saturated rings. The van der Waals surface area contributed by atoms with Crippen LogP contribution in [0.1, 0.15) is 13.8 Å². The van der Waals surface area contributed by atoms with Gasteiger partial charge in [-0.25, -0.2) is 4.98 Å². The second kappa shape index (κ2) is 4.50. The molecular weight excluding hydrogens is 234 g/mol. The lowest BCUT2D eigenvalue weighted by atomic mass is 10.1. The van der Waals surface area contributed by atoms with Crippen molar-refractivity contribution in [1.29, 1.82) is 0 Å². The van der Waals surface area contributed by atoms with Crippen LogP contribution in [0.4, 0.5) is 10.8 Å². The third kappa shape index (κ3) is 2.87. The molecule has 2 rings (SSSR count). The minimum Gasteiger partial charge on any atom is -0.399 e. The molecule has 0 aliphatic heterocycles. The Morgan fingerprint density at radius 3 is 2.94 bits per heavy atom. The van der Waals surface area contributed by atoms with Crippen LogP contribution in [-0.4, -0.2) is 24.2 Å². The van der Waals surface area contributed by atoms with Crippen molar-refractivity contribution in [3.8, 4) is 0 Å². The van der Waals surface area contributed by atoms with Crippen LogP contribution in [0.2, 0.25) is 0 Å². The van der Waals surface area contributed by atoms with Crippen LogP contribution in [0, 0.1) is 0 Å². The lowest BCUT2D eigenvalue weighted by Crippen LogP contribution is -2.31. The summed E-state index contributed by atoms with van der Waals surface area (Å²) in [4.78, 5) is 4.49. The predicted molar refractivity (Wildman–Crippen MR) is 73.6 cm³/mol. The van der Waals surface area contributed by atoms with Crippen molar-refractivity contribution >= 4 is 32.4 Å². The van der Waals surface area contributed by atoms with Crippen molar-refractivity contribution < 1.29 is 4.74 Å². The Bertz CT molecular complexity index is 521. The number of nitrogens with one attached hydrogen (secondary N) is 1. The second-order valence-corrected chi connectivity index (χ2v) is 5.59. The standard InChI is InChI=1S/C12H17N3OS/c1-12(2,16-3)7-14-11-15-9-5-4-8(13)6-10(9)17-11/h4-6H,7,13H2,1-3H3,(H,14,15). The summed E-state index contributed by atoms with van der Waals surface area (Å²) < 4.78 is 6.45. The van der Waals surface area contributed by atoms with Crippen LogP contribution in [0.5, 0.6) is 0 Å². The number of fused-ring (bicyclic) bond motifs is 1. The van der Waals surface area contributed by atoms with Crippen LogP contribution in [0.3, 0.4) is 0 Å². The maximum absolute atomic E-state index is 5.74. The maximum Gasteiger partial charge on any atom is 0.183 e. The number of thiazole rings is 1. The van der Waals surface area contributed by atoms with Crippen molar-refractivity contribution in [3.05, 3.63) is 18.2 Å². The van der Waals surface area contributed by atoms with Gasteiger partial charge in [-0.3, -0.25) is 0 Å². The number of nitrogens with two attached hydrogens (primary N) is 1. The molecule has 17 heavy (non-hydrogen) atoms. The van der Waals surface area contributed by atoms with E-state index in [1.54, 1.807) is 18.4 Å². The van der Waals surface area contributed by atoms with Crippen molar-refractivity contribution in [1.82, 2.24) is 4.98 Å². The van der Waals surface area contributed by atoms with E-state index in [4.69, 9.17) is 10.5 Å². The molecule has 0 aliphatic rings. The molecule has 0 atom stereocenters. The summed E-state index contributed by atoms with van der Waals surface area (Å²) in [6.07, 6.45) is 0. The van der Waals surface area contributed by atoms with Gasteiger partial charge in [0.25, 0.3) is 0 Å². The molecule has 1 aromatic carbocycles. The Balaban J connectivity index is 2.15. The molecule has 4 nitrogen and oxygen atoms in total. The molecule has 0 saturated heterocycles. The fourth-order valence-electron chi connectivity index (χ4n) is 1.38. The fourth-order valence-corrected chi connectivity index (χ4v) is 2.29. The smallest absolute Gasteiger partial charge is 0.183 e. The van der Waals surface area contributed by atoms with Gasteiger partial charge in [0.2, 0.25) is 0 Å². The maximum atomic E-state index is 5.74. The van der Waals surface area contributed by atoms with Gasteiger partial charge in [0.15, 0.2) is 5.13 Å². The Hall–Kier alpha value is -1.33. The first kappa shape index (κ1) is 12.1. The van der Waals surface area contributed by atoms with Gasteiger partial charge in [0.1, 0.15) is 0 Å². The number of aromatic nitrogens is 1. The van der Waals surface area contributed by atoms with E-state index in [-0.39, 0.29) is 5.60 Å². The summed E-state index contributed by atoms with van der Waals surface area (Å²) in [7, 11) is 1.71. The molecule has 2 aromatic rings. The lowest BCUT2D eigenvalue weighted by Gasteiger charge is -2.22. The van der Waals surface area contributed by atoms with Crippen LogP contribution >= 0.6 is 11.3 Å². The average molecular weight is 251 g/mol. The molecule has 3 N–H and O–H groups in total. The number of anilines is 2. The number of benzene rings is 1. The summed E-state index contributed by atoms with van der Waals surface area (Å²) in [6.45, 7) is 4.79. The van der Waals surface area contributed by atoms with E-state index in [1.807, 2.05) is 32.0 Å². The van der Waals surface area contributed by atoms with Crippen molar-refractivity contribution in [2.45, 2.75) is 19.4 Å². The van der Waals surface area contributed by atoms with E-state index in [1.165, 1.54) is 0 Å². The zero-order valence-electron chi connectivity index (χ0n) is 10.3. The Morgan fingerprint density at radius 2 is 2.24 bits per heavy atom. The van der Waals surface area contributed by atoms with Gasteiger partial charge in [-0.2, -0.15) is 0 Å². The Morgan fingerprint density at radius 1 is 1.47 bits per heavy atom. The molecule has 0 saturated carbocycles. The van der Waals surface area contributed by atoms with Gasteiger partial charge in [-0.05, 0) is 32.0 Å². The summed E-state index contributed by atoms with van der Waals surface area (Å²) in [5.41, 5.74) is 7.28. The van der Waals surface area contributed by atoms with Gasteiger partial charge in [-0.1, -0.05) is 11.3 Å². The Kier molecular flexibility index (Phi) is 3.22. The summed E-state index contributed by atoms with van der Waals surface area (Å²) in [5.74, 6) is 0. The first-order chi connectivity index (χ1) is 8.00. The number of hydrogen-bond donors (Lipinski definition) is 2. The predicted octanol–water partition coefficient (Wildman–Crippen LogP) is 2.72. The Labute approximate surface area is 105 Å². The molecule has 92 valence electrons. The minimum atomic E-state index is -0.198. The molecule has 5 heteroatoms. The quantitative estimate of drug-likeness (QED) is 0.820. The zero-order chi connectivity index (χ0) is 12.5. The fraction of sp³-hybridized carbons (Fsp3) is 0.417. The van der Waals surface area contributed by atoms with Gasteiger partial charge in [0, 0.05) is 19.3 Å². The summed E-state index contributed by atoms with van der Waals surface area (Å²) in [5, 5.41) is 4.19. The van der Waals surface area contributed by atoms with E-state index in [0.29, 0.717) is 0 Å². The highest BCUT2D eigenvalue weighted by Crippen LogP contribution is 2.27. The summed E-state index contributed by atoms with van der Waals surface area (Å²) >= 11 is 1.60. The van der Waals surface area contributed by atoms with E-state index in [9.17, 15) is 0 Å². The first-order valence-electron chi connectivity index (χ1n) is 5.45. The number of ether oxygens (including phenoxy) is 1. The van der Waals surface area contributed by atoms with Crippen molar-refractivity contribution in [3.63, 3.8) is 0 Å². The van der Waals surface area contributed by atoms with Crippen LogP contribution in [-0.2, 0) is 4.74 Å². The highest BCUT2D eigenvalue weighted by Gasteiger charge is 2.16. The molecule has 1 heterocycles. The average Bonchev–Trinajstić information content (AvgIpc) is 2.68. The van der Waals surface area contributed by atoms with E-state index >= 15 is 0 Å². The number of nitrogens with zero attached hydrogens (tertiary/aromatic N) is 1. The SMILES string of the molecule is COC(C)(C)CNc1nc2ccc(N)cc2s1. The lowest BCUT2D eigenvalue weighted by molar-refractivity contribution is 0.0344. The third-order valence-electron chi connectivity index (χ3n) is 2.63. The second-order valence-electron chi connectivity index (χ2n) is 4.56. The molecule has 0 unspecified atom stereocenters. The molecule has 0 spiro atoms. The van der Waals surface area contributed by atoms with Gasteiger partial charge >= 0.3 is 0 Å². The molecule has 0 radical (unpaired) electrons. The van der Waals surface area contributed by atoms with E-state index in [2.05, 4.69) is 10.3 Å². The number of hydrogen-bond acceptors (Lipinski definition) is 5. The van der Waals surface area contributed by atoms with Crippen molar-refractivity contribution in [2.24, 2.45) is 0 Å². The number of methoxy groups -OCH3 is 1. The third-order valence-corrected chi connectivity index (χ3v) is 3.61. The minimum absolute atomic E-state index is 0.198. The largest absolute Gasteiger partial charge is 0.399 e. The molecule has 0 aliphatic carbocycles. The molecule has 0 bridgehead atoms. The molecule has 1 aromatic heterocycles. The topological polar surface area (TPSA) is 60.2 Å². The van der Waals surface area contributed by atoms with Crippen LogP contribution in [0.25, 0.3) is 10.2 Å². The highest BCUT2D eigenvalue weighted by molar-refractivity contribution is 7.22. The number of nitrogen functional groups attached to an aromatic ring is 1. The van der Waals surface area contributed by atoms with Crippen LogP contribution < -0.4 is 11.1 Å². The van der Waals surface area contributed by atoms with Crippen molar-refractivity contribution in [2.75, 3.05) is 24.7 Å². The highest BCUT2D eigenvalue weighted by atomic mass is 32.1. The normalized spacial score (nSPS) is 11.9. The zero-order valence-corrected chi connectivity index (χ0v) is 11.1. The van der Waals surface area contributed by atoms with Gasteiger partial charge in [-0.15, -0.1) is 0 Å². The first-order valence-corrected chi connectivity index (χ1v) is 6.27. The monoisotopic (exact) mass is 251 g/mol. The van der Waals surface area contributed by atoms with Crippen LogP contribution in [0.15, 0.2) is 18.2 Å². The van der Waals surface area contributed by atoms with Gasteiger partial charge in [0.05, 0.1) is 15.8 Å². The van der Waals surface area contributed by atoms with E-state index in [0.717, 1.165) is 27.6 Å². The summed E-state index contributed by atoms with van der Waals surface area (Å²) in [6, 6.07) is 5.75. The molecule has 0 amide bonds.